The Labute approximate surface area is 157 Å². The minimum absolute atomic E-state index is 0. The Bertz CT molecular complexity index is 700. The van der Waals surface area contributed by atoms with Crippen LogP contribution in [0.2, 0.25) is 0 Å². The van der Waals surface area contributed by atoms with Crippen molar-refractivity contribution >= 4 is 24.0 Å². The van der Waals surface area contributed by atoms with Crippen LogP contribution in [0.15, 0.2) is 48.5 Å². The van der Waals surface area contributed by atoms with Gasteiger partial charge in [0.25, 0.3) is 0 Å². The van der Waals surface area contributed by atoms with E-state index in [0.717, 1.165) is 16.0 Å². The van der Waals surface area contributed by atoms with Gasteiger partial charge in [-0.2, -0.15) is 13.2 Å². The normalized spacial score (nSPS) is 10.9. The lowest BCUT2D eigenvalue weighted by Crippen LogP contribution is -2.41. The molecule has 0 unspecified atom stereocenters. The van der Waals surface area contributed by atoms with Crippen LogP contribution in [-0.4, -0.2) is 30.1 Å². The Hall–Kier alpha value is -2.21. The zero-order chi connectivity index (χ0) is 18.4. The first-order chi connectivity index (χ1) is 11.7. The summed E-state index contributed by atoms with van der Waals surface area (Å²) in [5, 5.41) is 0. The molecule has 0 atom stereocenters. The predicted octanol–water partition coefficient (Wildman–Crippen LogP) is 4.18. The SMILES string of the molecule is Cc1ccc(CCN(CC(F)(F)F)C(=O)Cc2ccc(N)cc2)cc1.Cl. The van der Waals surface area contributed by atoms with Gasteiger partial charge in [0.2, 0.25) is 5.91 Å². The summed E-state index contributed by atoms with van der Waals surface area (Å²) >= 11 is 0. The van der Waals surface area contributed by atoms with Gasteiger partial charge in [-0.3, -0.25) is 4.79 Å². The molecule has 0 aliphatic heterocycles. The Morgan fingerprint density at radius 2 is 1.54 bits per heavy atom. The molecular weight excluding hydrogens is 365 g/mol. The lowest BCUT2D eigenvalue weighted by atomic mass is 10.1. The van der Waals surface area contributed by atoms with Crippen molar-refractivity contribution in [3.05, 3.63) is 65.2 Å². The van der Waals surface area contributed by atoms with E-state index >= 15 is 0 Å². The van der Waals surface area contributed by atoms with E-state index in [1.807, 2.05) is 31.2 Å². The molecule has 0 fully saturated rings. The molecule has 0 radical (unpaired) electrons. The first-order valence-electron chi connectivity index (χ1n) is 7.97. The topological polar surface area (TPSA) is 46.3 Å². The number of anilines is 1. The Balaban J connectivity index is 0.00000338. The highest BCUT2D eigenvalue weighted by Crippen LogP contribution is 2.18. The molecular formula is C19H22ClF3N2O. The van der Waals surface area contributed by atoms with E-state index in [2.05, 4.69) is 0 Å². The number of nitrogen functional groups attached to an aromatic ring is 1. The van der Waals surface area contributed by atoms with Crippen molar-refractivity contribution in [1.29, 1.82) is 0 Å². The van der Waals surface area contributed by atoms with Crippen LogP contribution in [-0.2, 0) is 17.6 Å². The molecule has 0 aromatic heterocycles. The second kappa shape index (κ2) is 9.48. The highest BCUT2D eigenvalue weighted by atomic mass is 35.5. The number of nitrogens with zero attached hydrogens (tertiary/aromatic N) is 1. The first kappa shape index (κ1) is 21.8. The third-order valence-corrected chi connectivity index (χ3v) is 3.85. The second-order valence-corrected chi connectivity index (χ2v) is 6.08. The first-order valence-corrected chi connectivity index (χ1v) is 7.97. The van der Waals surface area contributed by atoms with Crippen molar-refractivity contribution in [2.45, 2.75) is 25.9 Å². The van der Waals surface area contributed by atoms with Crippen LogP contribution in [0.4, 0.5) is 18.9 Å². The van der Waals surface area contributed by atoms with Gasteiger partial charge in [0.15, 0.2) is 0 Å². The van der Waals surface area contributed by atoms with E-state index in [1.165, 1.54) is 0 Å². The quantitative estimate of drug-likeness (QED) is 0.757. The van der Waals surface area contributed by atoms with Crippen LogP contribution in [0.1, 0.15) is 16.7 Å². The number of hydrogen-bond donors (Lipinski definition) is 1. The summed E-state index contributed by atoms with van der Waals surface area (Å²) in [6.45, 7) is 0.721. The number of alkyl halides is 3. The number of halogens is 4. The second-order valence-electron chi connectivity index (χ2n) is 6.08. The average molecular weight is 387 g/mol. The molecule has 2 aromatic carbocycles. The molecule has 0 heterocycles. The molecule has 3 nitrogen and oxygen atoms in total. The number of benzene rings is 2. The minimum Gasteiger partial charge on any atom is -0.399 e. The zero-order valence-corrected chi connectivity index (χ0v) is 15.2. The summed E-state index contributed by atoms with van der Waals surface area (Å²) in [4.78, 5) is 13.2. The maximum Gasteiger partial charge on any atom is 0.406 e. The van der Waals surface area contributed by atoms with Gasteiger partial charge in [0, 0.05) is 12.2 Å². The molecule has 0 saturated heterocycles. The summed E-state index contributed by atoms with van der Waals surface area (Å²) in [5.74, 6) is -0.547. The number of carbonyl (C=O) groups is 1. The van der Waals surface area contributed by atoms with E-state index in [9.17, 15) is 18.0 Å². The van der Waals surface area contributed by atoms with Crippen molar-refractivity contribution in [2.24, 2.45) is 0 Å². The lowest BCUT2D eigenvalue weighted by molar-refractivity contribution is -0.160. The summed E-state index contributed by atoms with van der Waals surface area (Å²) in [6, 6.07) is 14.1. The van der Waals surface area contributed by atoms with Crippen molar-refractivity contribution < 1.29 is 18.0 Å². The number of nitrogens with two attached hydrogens (primary N) is 1. The molecule has 26 heavy (non-hydrogen) atoms. The molecule has 0 saturated carbocycles. The van der Waals surface area contributed by atoms with Crippen LogP contribution in [0, 0.1) is 6.92 Å². The van der Waals surface area contributed by atoms with E-state index in [0.29, 0.717) is 17.7 Å². The van der Waals surface area contributed by atoms with Gasteiger partial charge >= 0.3 is 6.18 Å². The largest absolute Gasteiger partial charge is 0.406 e. The molecule has 142 valence electrons. The van der Waals surface area contributed by atoms with Gasteiger partial charge in [-0.15, -0.1) is 12.4 Å². The van der Waals surface area contributed by atoms with Crippen molar-refractivity contribution in [3.8, 4) is 0 Å². The molecule has 2 aromatic rings. The van der Waals surface area contributed by atoms with Crippen molar-refractivity contribution in [3.63, 3.8) is 0 Å². The van der Waals surface area contributed by atoms with Crippen LogP contribution >= 0.6 is 12.4 Å². The van der Waals surface area contributed by atoms with E-state index in [-0.39, 0.29) is 25.4 Å². The van der Waals surface area contributed by atoms with Gasteiger partial charge < -0.3 is 10.6 Å². The van der Waals surface area contributed by atoms with Crippen molar-refractivity contribution in [1.82, 2.24) is 4.90 Å². The van der Waals surface area contributed by atoms with Crippen molar-refractivity contribution in [2.75, 3.05) is 18.8 Å². The molecule has 0 aliphatic carbocycles. The maximum absolute atomic E-state index is 12.8. The summed E-state index contributed by atoms with van der Waals surface area (Å²) in [6.07, 6.45) is -4.13. The third-order valence-electron chi connectivity index (χ3n) is 3.85. The fourth-order valence-electron chi connectivity index (χ4n) is 2.45. The summed E-state index contributed by atoms with van der Waals surface area (Å²) in [7, 11) is 0. The summed E-state index contributed by atoms with van der Waals surface area (Å²) < 4.78 is 38.5. The van der Waals surface area contributed by atoms with Gasteiger partial charge in [-0.25, -0.2) is 0 Å². The smallest absolute Gasteiger partial charge is 0.399 e. The number of rotatable bonds is 6. The van der Waals surface area contributed by atoms with Gasteiger partial charge in [0.05, 0.1) is 6.42 Å². The fraction of sp³-hybridized carbons (Fsp3) is 0.316. The van der Waals surface area contributed by atoms with E-state index in [4.69, 9.17) is 5.73 Å². The molecule has 0 aliphatic rings. The fourth-order valence-corrected chi connectivity index (χ4v) is 2.45. The Morgan fingerprint density at radius 3 is 2.08 bits per heavy atom. The third kappa shape index (κ3) is 7.35. The maximum atomic E-state index is 12.8. The number of amides is 1. The number of carbonyl (C=O) groups excluding carboxylic acids is 1. The number of aryl methyl sites for hydroxylation is 1. The van der Waals surface area contributed by atoms with Crippen LogP contribution in [0.5, 0.6) is 0 Å². The molecule has 2 rings (SSSR count). The van der Waals surface area contributed by atoms with Gasteiger partial charge in [-0.1, -0.05) is 42.0 Å². The highest BCUT2D eigenvalue weighted by Gasteiger charge is 2.32. The van der Waals surface area contributed by atoms with Crippen LogP contribution in [0.25, 0.3) is 0 Å². The minimum atomic E-state index is -4.43. The predicted molar refractivity (Wildman–Crippen MR) is 99.3 cm³/mol. The average Bonchev–Trinajstić information content (AvgIpc) is 2.54. The monoisotopic (exact) mass is 386 g/mol. The zero-order valence-electron chi connectivity index (χ0n) is 14.4. The van der Waals surface area contributed by atoms with E-state index < -0.39 is 18.6 Å². The van der Waals surface area contributed by atoms with Crippen LogP contribution in [0.3, 0.4) is 0 Å². The molecule has 0 spiro atoms. The van der Waals surface area contributed by atoms with E-state index in [1.54, 1.807) is 24.3 Å². The Morgan fingerprint density at radius 1 is 1.00 bits per heavy atom. The number of hydrogen-bond acceptors (Lipinski definition) is 2. The molecule has 7 heteroatoms. The standard InChI is InChI=1S/C19H21F3N2O.ClH/c1-14-2-4-15(5-3-14)10-11-24(13-19(20,21)22)18(25)12-16-6-8-17(23)9-7-16;/h2-9H,10-13,23H2,1H3;1H. The Kier molecular flexibility index (Phi) is 7.96. The summed E-state index contributed by atoms with van der Waals surface area (Å²) in [5.41, 5.74) is 8.74. The molecule has 1 amide bonds. The molecule has 0 bridgehead atoms. The van der Waals surface area contributed by atoms with Crippen LogP contribution < -0.4 is 5.73 Å². The lowest BCUT2D eigenvalue weighted by Gasteiger charge is -2.24. The molecule has 2 N–H and O–H groups in total. The van der Waals surface area contributed by atoms with Gasteiger partial charge in [-0.05, 0) is 36.6 Å². The van der Waals surface area contributed by atoms with Gasteiger partial charge in [0.1, 0.15) is 6.54 Å². The highest BCUT2D eigenvalue weighted by molar-refractivity contribution is 5.85.